The molecule has 100 valence electrons. The van der Waals surface area contributed by atoms with E-state index in [1.165, 1.54) is 4.90 Å². The fourth-order valence-corrected chi connectivity index (χ4v) is 1.94. The molecule has 4 nitrogen and oxygen atoms in total. The summed E-state index contributed by atoms with van der Waals surface area (Å²) in [5.74, 6) is -2.82. The maximum atomic E-state index is 13.0. The molecule has 1 aliphatic carbocycles. The van der Waals surface area contributed by atoms with Gasteiger partial charge in [-0.1, -0.05) is 13.3 Å². The molecule has 1 fully saturated rings. The van der Waals surface area contributed by atoms with E-state index in [0.717, 1.165) is 12.8 Å². The number of rotatable bonds is 6. The van der Waals surface area contributed by atoms with Gasteiger partial charge in [-0.15, -0.1) is 0 Å². The van der Waals surface area contributed by atoms with Crippen LogP contribution in [-0.2, 0) is 11.3 Å². The molecule has 1 heterocycles. The highest BCUT2D eigenvalue weighted by atomic mass is 19.3. The van der Waals surface area contributed by atoms with Crippen molar-refractivity contribution in [3.63, 3.8) is 0 Å². The van der Waals surface area contributed by atoms with Gasteiger partial charge in [0, 0.05) is 26.1 Å². The minimum Gasteiger partial charge on any atom is -0.303 e. The summed E-state index contributed by atoms with van der Waals surface area (Å²) in [6.45, 7) is 2.69. The average Bonchev–Trinajstić information content (AvgIpc) is 2.80. The van der Waals surface area contributed by atoms with Crippen molar-refractivity contribution in [3.05, 3.63) is 11.8 Å². The number of anilines is 1. The van der Waals surface area contributed by atoms with Crippen LogP contribution in [0.2, 0.25) is 0 Å². The molecule has 1 amide bonds. The number of halogens is 2. The van der Waals surface area contributed by atoms with Crippen LogP contribution < -0.4 is 4.90 Å². The zero-order valence-corrected chi connectivity index (χ0v) is 10.6. The molecule has 0 spiro atoms. The first-order valence-corrected chi connectivity index (χ1v) is 6.13. The smallest absolute Gasteiger partial charge is 0.257 e. The Morgan fingerprint density at radius 2 is 2.33 bits per heavy atom. The van der Waals surface area contributed by atoms with Crippen LogP contribution in [0.3, 0.4) is 0 Å². The molecule has 0 bridgehead atoms. The molecular formula is C12H17F2N3O. The summed E-state index contributed by atoms with van der Waals surface area (Å²) in [6, 6.07) is 1.59. The summed E-state index contributed by atoms with van der Waals surface area (Å²) < 4.78 is 27.7. The number of amides is 1. The lowest BCUT2D eigenvalue weighted by Crippen LogP contribution is -2.18. The lowest BCUT2D eigenvalue weighted by Gasteiger charge is -2.12. The first-order valence-electron chi connectivity index (χ1n) is 6.13. The number of alkyl halides is 2. The van der Waals surface area contributed by atoms with Gasteiger partial charge in [0.2, 0.25) is 6.41 Å². The molecule has 0 aromatic carbocycles. The van der Waals surface area contributed by atoms with Crippen LogP contribution in [0.1, 0.15) is 37.8 Å². The van der Waals surface area contributed by atoms with E-state index in [1.807, 2.05) is 6.92 Å². The van der Waals surface area contributed by atoms with Crippen LogP contribution in [0, 0.1) is 0 Å². The highest BCUT2D eigenvalue weighted by Crippen LogP contribution is 2.55. The molecule has 0 saturated heterocycles. The molecule has 1 aromatic rings. The van der Waals surface area contributed by atoms with Gasteiger partial charge in [0.15, 0.2) is 0 Å². The topological polar surface area (TPSA) is 38.1 Å². The normalized spacial score (nSPS) is 20.8. The number of nitrogens with zero attached hydrogens (tertiary/aromatic N) is 3. The lowest BCUT2D eigenvalue weighted by molar-refractivity contribution is -0.107. The fraction of sp³-hybridized carbons (Fsp3) is 0.667. The Labute approximate surface area is 105 Å². The first kappa shape index (κ1) is 13.0. The van der Waals surface area contributed by atoms with Gasteiger partial charge < -0.3 is 4.90 Å². The van der Waals surface area contributed by atoms with Crippen LogP contribution in [-0.4, -0.2) is 29.2 Å². The molecule has 18 heavy (non-hydrogen) atoms. The second-order valence-electron chi connectivity index (χ2n) is 4.74. The molecule has 2 rings (SSSR count). The molecule has 0 aliphatic heterocycles. The van der Waals surface area contributed by atoms with Gasteiger partial charge in [0.1, 0.15) is 5.82 Å². The Hall–Kier alpha value is -1.46. The third kappa shape index (κ3) is 2.37. The molecule has 0 unspecified atom stereocenters. The minimum absolute atomic E-state index is 0.137. The molecule has 0 radical (unpaired) electrons. The molecule has 0 N–H and O–H groups in total. The zero-order valence-electron chi connectivity index (χ0n) is 10.6. The molecule has 1 aliphatic rings. The second kappa shape index (κ2) is 4.66. The summed E-state index contributed by atoms with van der Waals surface area (Å²) in [5.41, 5.74) is 0.389. The van der Waals surface area contributed by atoms with E-state index in [-0.39, 0.29) is 6.42 Å². The van der Waals surface area contributed by atoms with Crippen molar-refractivity contribution < 1.29 is 13.6 Å². The average molecular weight is 257 g/mol. The monoisotopic (exact) mass is 257 g/mol. The number of aryl methyl sites for hydroxylation is 1. The van der Waals surface area contributed by atoms with Crippen molar-refractivity contribution in [1.29, 1.82) is 0 Å². The number of carbonyl (C=O) groups excluding carboxylic acids is 1. The summed E-state index contributed by atoms with van der Waals surface area (Å²) in [7, 11) is 1.60. The molecular weight excluding hydrogens is 240 g/mol. The van der Waals surface area contributed by atoms with Crippen molar-refractivity contribution in [2.75, 3.05) is 11.9 Å². The number of unbranched alkanes of at least 4 members (excludes halogenated alkanes) is 1. The Kier molecular flexibility index (Phi) is 3.36. The van der Waals surface area contributed by atoms with E-state index in [1.54, 1.807) is 17.8 Å². The zero-order chi connectivity index (χ0) is 13.3. The Bertz CT molecular complexity index is 445. The SMILES string of the molecule is CCCCn1nc([C@H]2CC2(F)F)cc1N(C)C=O. The number of hydrogen-bond acceptors (Lipinski definition) is 2. The van der Waals surface area contributed by atoms with Crippen LogP contribution in [0.25, 0.3) is 0 Å². The van der Waals surface area contributed by atoms with E-state index in [9.17, 15) is 13.6 Å². The van der Waals surface area contributed by atoms with E-state index in [4.69, 9.17) is 0 Å². The van der Waals surface area contributed by atoms with Crippen LogP contribution >= 0.6 is 0 Å². The van der Waals surface area contributed by atoms with Gasteiger partial charge >= 0.3 is 0 Å². The maximum absolute atomic E-state index is 13.0. The Morgan fingerprint density at radius 1 is 1.67 bits per heavy atom. The quantitative estimate of drug-likeness (QED) is 0.734. The fourth-order valence-electron chi connectivity index (χ4n) is 1.94. The van der Waals surface area contributed by atoms with Crippen LogP contribution in [0.15, 0.2) is 6.07 Å². The van der Waals surface area contributed by atoms with Gasteiger partial charge in [-0.05, 0) is 6.42 Å². The van der Waals surface area contributed by atoms with Crippen molar-refractivity contribution in [2.45, 2.75) is 44.6 Å². The summed E-state index contributed by atoms with van der Waals surface area (Å²) >= 11 is 0. The Balaban J connectivity index is 2.23. The third-order valence-electron chi connectivity index (χ3n) is 3.20. The van der Waals surface area contributed by atoms with Crippen LogP contribution in [0.5, 0.6) is 0 Å². The minimum atomic E-state index is -2.62. The molecule has 1 atom stereocenters. The first-order chi connectivity index (χ1) is 8.49. The maximum Gasteiger partial charge on any atom is 0.257 e. The number of aromatic nitrogens is 2. The molecule has 1 aromatic heterocycles. The van der Waals surface area contributed by atoms with Gasteiger partial charge in [-0.3, -0.25) is 4.79 Å². The van der Waals surface area contributed by atoms with Crippen molar-refractivity contribution in [1.82, 2.24) is 9.78 Å². The molecule has 1 saturated carbocycles. The summed E-state index contributed by atoms with van der Waals surface area (Å²) in [6.07, 6.45) is 2.41. The van der Waals surface area contributed by atoms with Crippen molar-refractivity contribution in [3.8, 4) is 0 Å². The van der Waals surface area contributed by atoms with Crippen molar-refractivity contribution >= 4 is 12.2 Å². The highest BCUT2D eigenvalue weighted by molar-refractivity contribution is 5.72. The second-order valence-corrected chi connectivity index (χ2v) is 4.74. The predicted octanol–water partition coefficient (Wildman–Crippen LogP) is 2.40. The van der Waals surface area contributed by atoms with E-state index >= 15 is 0 Å². The predicted molar refractivity (Wildman–Crippen MR) is 63.9 cm³/mol. The van der Waals surface area contributed by atoms with Gasteiger partial charge in [0.25, 0.3) is 5.92 Å². The van der Waals surface area contributed by atoms with Gasteiger partial charge in [0.05, 0.1) is 11.6 Å². The number of carbonyl (C=O) groups is 1. The van der Waals surface area contributed by atoms with Crippen LogP contribution in [0.4, 0.5) is 14.6 Å². The highest BCUT2D eigenvalue weighted by Gasteiger charge is 2.59. The summed E-state index contributed by atoms with van der Waals surface area (Å²) in [5, 5.41) is 4.21. The van der Waals surface area contributed by atoms with E-state index in [0.29, 0.717) is 24.5 Å². The Morgan fingerprint density at radius 3 is 2.83 bits per heavy atom. The largest absolute Gasteiger partial charge is 0.303 e. The lowest BCUT2D eigenvalue weighted by atomic mass is 10.3. The molecule has 6 heteroatoms. The third-order valence-corrected chi connectivity index (χ3v) is 3.20. The number of hydrogen-bond donors (Lipinski definition) is 0. The van der Waals surface area contributed by atoms with E-state index in [2.05, 4.69) is 5.10 Å². The van der Waals surface area contributed by atoms with Gasteiger partial charge in [-0.25, -0.2) is 13.5 Å². The van der Waals surface area contributed by atoms with Crippen molar-refractivity contribution in [2.24, 2.45) is 0 Å². The standard InChI is InChI=1S/C12H17F2N3O/c1-3-4-5-17-11(16(2)8-18)6-10(15-17)9-7-12(9,13)14/h6,8-9H,3-5,7H2,1-2H3/t9-/m1/s1. The van der Waals surface area contributed by atoms with E-state index < -0.39 is 11.8 Å². The van der Waals surface area contributed by atoms with Gasteiger partial charge in [-0.2, -0.15) is 5.10 Å². The summed E-state index contributed by atoms with van der Waals surface area (Å²) in [4.78, 5) is 12.2.